The summed E-state index contributed by atoms with van der Waals surface area (Å²) in [5.74, 6) is 1.16. The van der Waals surface area contributed by atoms with Gasteiger partial charge in [-0.05, 0) is 18.1 Å². The molecule has 0 unspecified atom stereocenters. The highest BCUT2D eigenvalue weighted by Crippen LogP contribution is 2.39. The minimum absolute atomic E-state index is 0.189. The van der Waals surface area contributed by atoms with Crippen LogP contribution in [-0.4, -0.2) is 19.3 Å². The van der Waals surface area contributed by atoms with Crippen LogP contribution in [0.2, 0.25) is 0 Å². The minimum atomic E-state index is 0.189. The Bertz CT molecular complexity index is 308. The zero-order valence-electron chi connectivity index (χ0n) is 8.83. The maximum absolute atomic E-state index is 9.83. The van der Waals surface area contributed by atoms with Crippen molar-refractivity contribution in [1.82, 2.24) is 0 Å². The molecule has 3 nitrogen and oxygen atoms in total. The van der Waals surface area contributed by atoms with Crippen LogP contribution in [0.15, 0.2) is 12.1 Å². The first-order valence-electron chi connectivity index (χ1n) is 4.67. The molecule has 0 bridgehead atoms. The van der Waals surface area contributed by atoms with E-state index in [0.29, 0.717) is 11.5 Å². The van der Waals surface area contributed by atoms with E-state index < -0.39 is 0 Å². The summed E-state index contributed by atoms with van der Waals surface area (Å²) in [5, 5.41) is 9.83. The van der Waals surface area contributed by atoms with E-state index in [-0.39, 0.29) is 5.75 Å². The molecule has 1 N–H and O–H groups in total. The fraction of sp³-hybridized carbons (Fsp3) is 0.455. The molecule has 0 radical (unpaired) electrons. The summed E-state index contributed by atoms with van der Waals surface area (Å²) < 4.78 is 10.1. The SMILES string of the molecule is CCCc1ccc(OC)c(OC)c1O. The van der Waals surface area contributed by atoms with Crippen LogP contribution in [-0.2, 0) is 6.42 Å². The molecule has 1 aromatic rings. The standard InChI is InChI=1S/C11H16O3/c1-4-5-8-6-7-9(13-2)11(14-3)10(8)12/h6-7,12H,4-5H2,1-3H3. The third-order valence-electron chi connectivity index (χ3n) is 2.12. The van der Waals surface area contributed by atoms with E-state index in [9.17, 15) is 5.11 Å². The van der Waals surface area contributed by atoms with Crippen LogP contribution in [0.4, 0.5) is 0 Å². The molecule has 0 saturated carbocycles. The van der Waals surface area contributed by atoms with Crippen molar-refractivity contribution in [3.05, 3.63) is 17.7 Å². The van der Waals surface area contributed by atoms with Crippen LogP contribution in [0.5, 0.6) is 17.2 Å². The molecule has 78 valence electrons. The average Bonchev–Trinajstić information content (AvgIpc) is 2.21. The third-order valence-corrected chi connectivity index (χ3v) is 2.12. The minimum Gasteiger partial charge on any atom is -0.504 e. The van der Waals surface area contributed by atoms with Crippen LogP contribution in [0, 0.1) is 0 Å². The molecule has 0 spiro atoms. The van der Waals surface area contributed by atoms with E-state index in [2.05, 4.69) is 6.92 Å². The molecule has 0 aliphatic carbocycles. The maximum atomic E-state index is 9.83. The Labute approximate surface area is 84.3 Å². The molecule has 1 aromatic carbocycles. The van der Waals surface area contributed by atoms with Crippen LogP contribution in [0.25, 0.3) is 0 Å². The van der Waals surface area contributed by atoms with Crippen LogP contribution in [0.1, 0.15) is 18.9 Å². The largest absolute Gasteiger partial charge is 0.504 e. The van der Waals surface area contributed by atoms with E-state index in [4.69, 9.17) is 9.47 Å². The molecule has 0 amide bonds. The molecule has 0 heterocycles. The van der Waals surface area contributed by atoms with Gasteiger partial charge in [-0.2, -0.15) is 0 Å². The van der Waals surface area contributed by atoms with Gasteiger partial charge >= 0.3 is 0 Å². The number of aryl methyl sites for hydroxylation is 1. The Morgan fingerprint density at radius 1 is 1.21 bits per heavy atom. The molecule has 3 heteroatoms. The maximum Gasteiger partial charge on any atom is 0.203 e. The normalized spacial score (nSPS) is 9.93. The van der Waals surface area contributed by atoms with Gasteiger partial charge in [0.05, 0.1) is 14.2 Å². The van der Waals surface area contributed by atoms with E-state index in [1.54, 1.807) is 7.11 Å². The second-order valence-corrected chi connectivity index (χ2v) is 3.06. The Morgan fingerprint density at radius 3 is 2.43 bits per heavy atom. The van der Waals surface area contributed by atoms with Gasteiger partial charge < -0.3 is 14.6 Å². The molecule has 0 aromatic heterocycles. The monoisotopic (exact) mass is 196 g/mol. The number of benzene rings is 1. The lowest BCUT2D eigenvalue weighted by molar-refractivity contribution is 0.331. The van der Waals surface area contributed by atoms with E-state index in [1.165, 1.54) is 7.11 Å². The first-order valence-corrected chi connectivity index (χ1v) is 4.67. The fourth-order valence-electron chi connectivity index (χ4n) is 1.42. The number of phenolic OH excluding ortho intramolecular Hbond substituents is 1. The summed E-state index contributed by atoms with van der Waals surface area (Å²) in [4.78, 5) is 0. The number of rotatable bonds is 4. The summed E-state index contributed by atoms with van der Waals surface area (Å²) in [5.41, 5.74) is 0.894. The van der Waals surface area contributed by atoms with Crippen molar-refractivity contribution in [2.45, 2.75) is 19.8 Å². The Hall–Kier alpha value is -1.38. The Kier molecular flexibility index (Phi) is 3.63. The molecule has 0 fully saturated rings. The highest BCUT2D eigenvalue weighted by molar-refractivity contribution is 5.54. The van der Waals surface area contributed by atoms with Crippen molar-refractivity contribution < 1.29 is 14.6 Å². The highest BCUT2D eigenvalue weighted by Gasteiger charge is 2.12. The smallest absolute Gasteiger partial charge is 0.203 e. The van der Waals surface area contributed by atoms with Gasteiger partial charge in [0.1, 0.15) is 0 Å². The lowest BCUT2D eigenvalue weighted by Crippen LogP contribution is -1.94. The zero-order valence-corrected chi connectivity index (χ0v) is 8.83. The highest BCUT2D eigenvalue weighted by atomic mass is 16.5. The number of ether oxygens (including phenoxy) is 2. The fourth-order valence-corrected chi connectivity index (χ4v) is 1.42. The Balaban J connectivity index is 3.13. The van der Waals surface area contributed by atoms with Gasteiger partial charge in [0.25, 0.3) is 0 Å². The van der Waals surface area contributed by atoms with Crippen molar-refractivity contribution in [1.29, 1.82) is 0 Å². The molecular weight excluding hydrogens is 180 g/mol. The number of aromatic hydroxyl groups is 1. The quantitative estimate of drug-likeness (QED) is 0.803. The summed E-state index contributed by atoms with van der Waals surface area (Å²) in [6, 6.07) is 3.67. The molecule has 0 aliphatic rings. The van der Waals surface area contributed by atoms with Crippen LogP contribution in [0.3, 0.4) is 0 Å². The number of hydrogen-bond donors (Lipinski definition) is 1. The van der Waals surface area contributed by atoms with E-state index >= 15 is 0 Å². The summed E-state index contributed by atoms with van der Waals surface area (Å²) in [7, 11) is 3.07. The van der Waals surface area contributed by atoms with Gasteiger partial charge in [-0.3, -0.25) is 0 Å². The Morgan fingerprint density at radius 2 is 1.93 bits per heavy atom. The van der Waals surface area contributed by atoms with Gasteiger partial charge in [-0.1, -0.05) is 19.4 Å². The number of phenols is 1. The predicted octanol–water partition coefficient (Wildman–Crippen LogP) is 2.36. The number of methoxy groups -OCH3 is 2. The molecule has 0 saturated heterocycles. The number of hydrogen-bond acceptors (Lipinski definition) is 3. The van der Waals surface area contributed by atoms with Gasteiger partial charge in [-0.25, -0.2) is 0 Å². The van der Waals surface area contributed by atoms with Gasteiger partial charge in [0.2, 0.25) is 5.75 Å². The molecule has 0 aliphatic heterocycles. The van der Waals surface area contributed by atoms with Gasteiger partial charge in [0.15, 0.2) is 11.5 Å². The zero-order chi connectivity index (χ0) is 10.6. The van der Waals surface area contributed by atoms with Crippen LogP contribution >= 0.6 is 0 Å². The third kappa shape index (κ3) is 1.92. The van der Waals surface area contributed by atoms with E-state index in [0.717, 1.165) is 18.4 Å². The van der Waals surface area contributed by atoms with Gasteiger partial charge in [-0.15, -0.1) is 0 Å². The van der Waals surface area contributed by atoms with Crippen molar-refractivity contribution in [3.63, 3.8) is 0 Å². The molecular formula is C11H16O3. The van der Waals surface area contributed by atoms with Gasteiger partial charge in [0, 0.05) is 0 Å². The average molecular weight is 196 g/mol. The first-order chi connectivity index (χ1) is 6.74. The lowest BCUT2D eigenvalue weighted by atomic mass is 10.1. The molecule has 0 atom stereocenters. The lowest BCUT2D eigenvalue weighted by Gasteiger charge is -2.11. The molecule has 14 heavy (non-hydrogen) atoms. The summed E-state index contributed by atoms with van der Waals surface area (Å²) in [6.07, 6.45) is 1.83. The van der Waals surface area contributed by atoms with Crippen molar-refractivity contribution in [3.8, 4) is 17.2 Å². The van der Waals surface area contributed by atoms with E-state index in [1.807, 2.05) is 12.1 Å². The predicted molar refractivity (Wildman–Crippen MR) is 55.2 cm³/mol. The second kappa shape index (κ2) is 4.74. The van der Waals surface area contributed by atoms with Crippen molar-refractivity contribution in [2.75, 3.05) is 14.2 Å². The summed E-state index contributed by atoms with van der Waals surface area (Å²) >= 11 is 0. The second-order valence-electron chi connectivity index (χ2n) is 3.06. The molecule has 1 rings (SSSR count). The first kappa shape index (κ1) is 10.7. The van der Waals surface area contributed by atoms with Crippen LogP contribution < -0.4 is 9.47 Å². The summed E-state index contributed by atoms with van der Waals surface area (Å²) in [6.45, 7) is 2.07. The van der Waals surface area contributed by atoms with Crippen molar-refractivity contribution >= 4 is 0 Å². The topological polar surface area (TPSA) is 38.7 Å². The van der Waals surface area contributed by atoms with Crippen molar-refractivity contribution in [2.24, 2.45) is 0 Å².